The van der Waals surface area contributed by atoms with Crippen LogP contribution in [0.2, 0.25) is 10.0 Å². The van der Waals surface area contributed by atoms with Crippen LogP contribution in [0.25, 0.3) is 6.08 Å². The van der Waals surface area contributed by atoms with E-state index in [9.17, 15) is 14.4 Å². The molecule has 0 aliphatic carbocycles. The van der Waals surface area contributed by atoms with Crippen molar-refractivity contribution in [2.45, 2.75) is 20.5 Å². The molecule has 1 heterocycles. The number of thioether (sulfide) groups is 1. The molecule has 0 radical (unpaired) electrons. The van der Waals surface area contributed by atoms with E-state index in [4.69, 9.17) is 27.9 Å². The number of ether oxygens (including phenoxy) is 1. The van der Waals surface area contributed by atoms with Gasteiger partial charge in [0.2, 0.25) is 5.91 Å². The first-order chi connectivity index (χ1) is 17.2. The molecule has 1 aliphatic rings. The van der Waals surface area contributed by atoms with Gasteiger partial charge in [0.15, 0.2) is 0 Å². The lowest BCUT2D eigenvalue weighted by Crippen LogP contribution is -2.36. The van der Waals surface area contributed by atoms with Crippen molar-refractivity contribution in [1.29, 1.82) is 0 Å². The van der Waals surface area contributed by atoms with Gasteiger partial charge in [-0.1, -0.05) is 59.1 Å². The van der Waals surface area contributed by atoms with Crippen molar-refractivity contribution in [3.63, 3.8) is 0 Å². The second-order valence-electron chi connectivity index (χ2n) is 8.23. The third-order valence-electron chi connectivity index (χ3n) is 5.40. The highest BCUT2D eigenvalue weighted by Crippen LogP contribution is 2.33. The molecule has 0 saturated carbocycles. The van der Waals surface area contributed by atoms with Gasteiger partial charge in [0.25, 0.3) is 11.1 Å². The normalized spacial score (nSPS) is 14.4. The van der Waals surface area contributed by atoms with Crippen molar-refractivity contribution in [2.24, 2.45) is 0 Å². The zero-order chi connectivity index (χ0) is 25.8. The fraction of sp³-hybridized carbons (Fsp3) is 0.148. The summed E-state index contributed by atoms with van der Waals surface area (Å²) < 4.78 is 5.83. The van der Waals surface area contributed by atoms with Crippen LogP contribution < -0.4 is 10.1 Å². The van der Waals surface area contributed by atoms with Crippen molar-refractivity contribution in [3.8, 4) is 5.75 Å². The lowest BCUT2D eigenvalue weighted by molar-refractivity contribution is -0.127. The van der Waals surface area contributed by atoms with Crippen LogP contribution in [0.3, 0.4) is 0 Å². The molecule has 1 saturated heterocycles. The number of amides is 3. The Labute approximate surface area is 223 Å². The maximum atomic E-state index is 12.9. The molecule has 0 atom stereocenters. The average molecular weight is 541 g/mol. The Hall–Kier alpha value is -3.26. The Kier molecular flexibility index (Phi) is 8.04. The molecule has 0 bridgehead atoms. The summed E-state index contributed by atoms with van der Waals surface area (Å²) in [7, 11) is 0. The number of imide groups is 1. The van der Waals surface area contributed by atoms with Crippen molar-refractivity contribution >= 4 is 63.8 Å². The molecule has 36 heavy (non-hydrogen) atoms. The number of nitrogens with zero attached hydrogens (tertiary/aromatic N) is 1. The van der Waals surface area contributed by atoms with Gasteiger partial charge < -0.3 is 10.1 Å². The molecule has 0 unspecified atom stereocenters. The van der Waals surface area contributed by atoms with Crippen LogP contribution in [0.4, 0.5) is 10.5 Å². The minimum Gasteiger partial charge on any atom is -0.489 e. The van der Waals surface area contributed by atoms with Gasteiger partial charge in [-0.05, 0) is 73.1 Å². The van der Waals surface area contributed by atoms with Crippen LogP contribution in [0.1, 0.15) is 22.3 Å². The SMILES string of the molecule is Cc1ccc(NC(=O)CN2C(=O)S/C(=C/c3cccc(OCc4ccc(Cl)cc4Cl)c3)C2=O)c(C)c1. The summed E-state index contributed by atoms with van der Waals surface area (Å²) in [6, 6.07) is 17.9. The van der Waals surface area contributed by atoms with E-state index in [0.717, 1.165) is 33.4 Å². The van der Waals surface area contributed by atoms with Crippen LogP contribution in [0.15, 0.2) is 65.6 Å². The number of carbonyl (C=O) groups is 3. The molecule has 184 valence electrons. The summed E-state index contributed by atoms with van der Waals surface area (Å²) in [6.07, 6.45) is 1.61. The molecule has 0 spiro atoms. The smallest absolute Gasteiger partial charge is 0.294 e. The number of aryl methyl sites for hydroxylation is 2. The Balaban J connectivity index is 1.41. The predicted octanol–water partition coefficient (Wildman–Crippen LogP) is 6.86. The van der Waals surface area contributed by atoms with E-state index in [2.05, 4.69) is 5.32 Å². The van der Waals surface area contributed by atoms with E-state index in [1.54, 1.807) is 54.6 Å². The van der Waals surface area contributed by atoms with Crippen molar-refractivity contribution in [3.05, 3.63) is 97.9 Å². The van der Waals surface area contributed by atoms with Gasteiger partial charge in [0.05, 0.1) is 4.91 Å². The van der Waals surface area contributed by atoms with E-state index >= 15 is 0 Å². The molecule has 3 aromatic carbocycles. The van der Waals surface area contributed by atoms with Crippen molar-refractivity contribution < 1.29 is 19.1 Å². The summed E-state index contributed by atoms with van der Waals surface area (Å²) in [4.78, 5) is 39.0. The standard InChI is InChI=1S/C27H22Cl2N2O4S/c1-16-6-9-23(17(2)10-16)30-25(32)14-31-26(33)24(36-27(31)34)12-18-4-3-5-21(11-18)35-15-19-7-8-20(28)13-22(19)29/h3-13H,14-15H2,1-2H3,(H,30,32)/b24-12+. The van der Waals surface area contributed by atoms with Crippen LogP contribution in [-0.4, -0.2) is 28.5 Å². The summed E-state index contributed by atoms with van der Waals surface area (Å²) in [5.74, 6) is -0.386. The molecule has 1 aliphatic heterocycles. The topological polar surface area (TPSA) is 75.7 Å². The summed E-state index contributed by atoms with van der Waals surface area (Å²) in [6.45, 7) is 3.72. The Bertz CT molecular complexity index is 1390. The molecule has 9 heteroatoms. The van der Waals surface area contributed by atoms with Gasteiger partial charge in [-0.3, -0.25) is 19.3 Å². The van der Waals surface area contributed by atoms with Gasteiger partial charge in [-0.15, -0.1) is 0 Å². The van der Waals surface area contributed by atoms with E-state index in [1.807, 2.05) is 26.0 Å². The Morgan fingerprint density at radius 1 is 1.06 bits per heavy atom. The molecule has 0 aromatic heterocycles. The molecule has 1 fully saturated rings. The summed E-state index contributed by atoms with van der Waals surface area (Å²) in [5.41, 5.74) is 4.08. The van der Waals surface area contributed by atoms with Gasteiger partial charge in [0, 0.05) is 21.3 Å². The van der Waals surface area contributed by atoms with E-state index in [0.29, 0.717) is 27.0 Å². The second kappa shape index (κ2) is 11.2. The number of halogens is 2. The third-order valence-corrected chi connectivity index (χ3v) is 6.89. The Morgan fingerprint density at radius 3 is 2.61 bits per heavy atom. The van der Waals surface area contributed by atoms with E-state index in [1.165, 1.54) is 0 Å². The van der Waals surface area contributed by atoms with Crippen molar-refractivity contribution in [2.75, 3.05) is 11.9 Å². The van der Waals surface area contributed by atoms with E-state index in [-0.39, 0.29) is 18.1 Å². The van der Waals surface area contributed by atoms with Crippen LogP contribution in [0.5, 0.6) is 5.75 Å². The van der Waals surface area contributed by atoms with Crippen LogP contribution in [0, 0.1) is 13.8 Å². The molecular weight excluding hydrogens is 519 g/mol. The Morgan fingerprint density at radius 2 is 1.86 bits per heavy atom. The zero-order valence-electron chi connectivity index (χ0n) is 19.5. The quantitative estimate of drug-likeness (QED) is 0.331. The minimum absolute atomic E-state index is 0.234. The third kappa shape index (κ3) is 6.29. The van der Waals surface area contributed by atoms with Crippen LogP contribution in [-0.2, 0) is 16.2 Å². The molecule has 6 nitrogen and oxygen atoms in total. The largest absolute Gasteiger partial charge is 0.489 e. The first kappa shape index (κ1) is 25.8. The number of nitrogens with one attached hydrogen (secondary N) is 1. The average Bonchev–Trinajstić information content (AvgIpc) is 3.08. The molecule has 1 N–H and O–H groups in total. The number of hydrogen-bond donors (Lipinski definition) is 1. The monoisotopic (exact) mass is 540 g/mol. The van der Waals surface area contributed by atoms with Gasteiger partial charge in [-0.2, -0.15) is 0 Å². The maximum absolute atomic E-state index is 12.9. The number of rotatable bonds is 7. The fourth-order valence-electron chi connectivity index (χ4n) is 3.57. The van der Waals surface area contributed by atoms with E-state index < -0.39 is 17.1 Å². The zero-order valence-corrected chi connectivity index (χ0v) is 21.8. The van der Waals surface area contributed by atoms with Gasteiger partial charge in [0.1, 0.15) is 18.9 Å². The lowest BCUT2D eigenvalue weighted by atomic mass is 10.1. The lowest BCUT2D eigenvalue weighted by Gasteiger charge is -2.14. The minimum atomic E-state index is -0.514. The highest BCUT2D eigenvalue weighted by atomic mass is 35.5. The molecule has 3 amide bonds. The first-order valence-electron chi connectivity index (χ1n) is 11.0. The number of hydrogen-bond acceptors (Lipinski definition) is 5. The number of benzene rings is 3. The van der Waals surface area contributed by atoms with Crippen molar-refractivity contribution in [1.82, 2.24) is 4.90 Å². The highest BCUT2D eigenvalue weighted by Gasteiger charge is 2.36. The highest BCUT2D eigenvalue weighted by molar-refractivity contribution is 8.18. The fourth-order valence-corrected chi connectivity index (χ4v) is 4.87. The molecule has 3 aromatic rings. The second-order valence-corrected chi connectivity index (χ2v) is 10.1. The summed E-state index contributed by atoms with van der Waals surface area (Å²) >= 11 is 12.9. The summed E-state index contributed by atoms with van der Waals surface area (Å²) in [5, 5.41) is 3.32. The van der Waals surface area contributed by atoms with Gasteiger partial charge in [-0.25, -0.2) is 0 Å². The van der Waals surface area contributed by atoms with Gasteiger partial charge >= 0.3 is 0 Å². The first-order valence-corrected chi connectivity index (χ1v) is 12.6. The molecular formula is C27H22Cl2N2O4S. The number of anilines is 1. The molecule has 4 rings (SSSR count). The predicted molar refractivity (Wildman–Crippen MR) is 144 cm³/mol. The van der Waals surface area contributed by atoms with Crippen LogP contribution >= 0.6 is 35.0 Å². The maximum Gasteiger partial charge on any atom is 0.294 e. The number of carbonyl (C=O) groups excluding carboxylic acids is 3.